The Balaban J connectivity index is 0.000000172. The number of fused-ring (bicyclic) bond motifs is 2. The molecule has 4 nitrogen and oxygen atoms in total. The van der Waals surface area contributed by atoms with Crippen molar-refractivity contribution in [3.05, 3.63) is 403 Å². The van der Waals surface area contributed by atoms with Gasteiger partial charge in [-0.2, -0.15) is 0 Å². The van der Waals surface area contributed by atoms with Crippen molar-refractivity contribution in [2.75, 3.05) is 9.80 Å². The number of anilines is 6. The van der Waals surface area contributed by atoms with E-state index >= 15 is 0 Å². The minimum Gasteiger partial charge on any atom is -0.399 e. The van der Waals surface area contributed by atoms with E-state index in [2.05, 4.69) is 101 Å². The summed E-state index contributed by atoms with van der Waals surface area (Å²) in [6, 6.07) is 46.3. The van der Waals surface area contributed by atoms with Crippen molar-refractivity contribution >= 4 is 90.8 Å². The number of hydrogen-bond donors (Lipinski definition) is 0. The number of rotatable bonds is 14. The monoisotopic (exact) mass is 1480 g/mol. The molecule has 6 heteroatoms. The summed E-state index contributed by atoms with van der Waals surface area (Å²) in [5.41, 5.74) is 2.74. The summed E-state index contributed by atoms with van der Waals surface area (Å²) in [6.45, 7) is 6.94. The number of benzene rings is 16. The van der Waals surface area contributed by atoms with Crippen molar-refractivity contribution in [2.45, 2.75) is 38.9 Å². The van der Waals surface area contributed by atoms with E-state index in [0.29, 0.717) is 21.6 Å². The van der Waals surface area contributed by atoms with Gasteiger partial charge in [0.15, 0.2) is 0 Å². The zero-order valence-electron chi connectivity index (χ0n) is 86.5. The Kier molecular flexibility index (Phi) is 12.3. The van der Waals surface area contributed by atoms with Crippen LogP contribution < -0.4 is 15.3 Å². The number of nitrogens with zero attached hydrogens (tertiary/aromatic N) is 2. The summed E-state index contributed by atoms with van der Waals surface area (Å²) >= 11 is 2.37. The highest BCUT2D eigenvalue weighted by Crippen LogP contribution is 2.44. The summed E-state index contributed by atoms with van der Waals surface area (Å²) < 4.78 is 284. The molecule has 0 aliphatic carbocycles. The third-order valence-electron chi connectivity index (χ3n) is 17.6. The van der Waals surface area contributed by atoms with Gasteiger partial charge in [0, 0.05) is 37.1 Å². The molecule has 17 rings (SSSR count). The van der Waals surface area contributed by atoms with Crippen LogP contribution in [-0.4, -0.2) is 18.3 Å². The van der Waals surface area contributed by atoms with Gasteiger partial charge in [-0.15, -0.1) is 0 Å². The van der Waals surface area contributed by atoms with Gasteiger partial charge in [-0.3, -0.25) is 0 Å². The van der Waals surface area contributed by atoms with Crippen molar-refractivity contribution in [1.82, 2.24) is 0 Å². The predicted molar refractivity (Wildman–Crippen MR) is 450 cm³/mol. The average Bonchev–Trinajstić information content (AvgIpc) is 0.801. The van der Waals surface area contributed by atoms with Gasteiger partial charge in [-0.05, 0) is 223 Å². The molecule has 0 amide bonds. The van der Waals surface area contributed by atoms with Crippen LogP contribution in [0, 0.1) is 3.57 Å². The van der Waals surface area contributed by atoms with E-state index in [0.717, 1.165) is 27.2 Å². The van der Waals surface area contributed by atoms with Gasteiger partial charge in [0.1, 0.15) is 0 Å². The zero-order chi connectivity index (χ0) is 96.9. The highest BCUT2D eigenvalue weighted by molar-refractivity contribution is 14.1. The summed E-state index contributed by atoms with van der Waals surface area (Å²) in [5.74, 6) is 0. The highest BCUT2D eigenvalue weighted by Gasteiger charge is 2.51. The molecule has 1 heterocycles. The first-order valence-corrected chi connectivity index (χ1v) is 34.2. The molecule has 0 aromatic heterocycles. The van der Waals surface area contributed by atoms with Gasteiger partial charge in [0.2, 0.25) is 0 Å². The quantitative estimate of drug-likeness (QED) is 0.0800. The lowest BCUT2D eigenvalue weighted by atomic mass is 9.79. The van der Waals surface area contributed by atoms with Gasteiger partial charge < -0.3 is 19.1 Å². The first-order valence-electron chi connectivity index (χ1n) is 48.1. The SMILES string of the molecule is Ic1ccc(-c2ccccc2)c(-c2ccccc2)c1.[2H]c1c([2H])c(N(c2c([2H])c([2H])c(-c3ccc(-c4ccccc4)c(-c4ccccc4)c3)c([2H])c2[2H])c2c([2H])c([2H])c([2H])c3c([2H])c([2H])c([2H])c([2H])c23)c([2H])c([2H])c1-c1ccccc1.[2H]c1c([2H])c(N(c2c([2H])c([2H])c(-c3ccccc3)c([2H])c2[2H])c2c([2H])c([2H])c([2H])c3c([2H])c([2H])c([2H])c([2H])c23)c([2H])c([2H])c1B1OC(C)(C)C(C)(C)O1. The van der Waals surface area contributed by atoms with E-state index in [1.54, 1.807) is 100 Å². The van der Waals surface area contributed by atoms with Gasteiger partial charge in [0.05, 0.1) is 63.7 Å². The van der Waals surface area contributed by atoms with Gasteiger partial charge in [-0.1, -0.05) is 321 Å². The normalized spacial score (nSPS) is 16.8. The predicted octanol–water partition coefficient (Wildman–Crippen LogP) is 26.9. The lowest BCUT2D eigenvalue weighted by Gasteiger charge is -2.32. The maximum Gasteiger partial charge on any atom is 0.494 e. The smallest absolute Gasteiger partial charge is 0.399 e. The minimum absolute atomic E-state index is 0.104. The van der Waals surface area contributed by atoms with E-state index in [1.165, 1.54) is 25.8 Å². The fraction of sp³-hybridized carbons (Fsp3) is 0.0612. The first kappa shape index (κ1) is 41.5. The van der Waals surface area contributed by atoms with E-state index < -0.39 is 255 Å². The second kappa shape index (κ2) is 30.9. The van der Waals surface area contributed by atoms with E-state index in [1.807, 2.05) is 66.7 Å². The number of hydrogen-bond acceptors (Lipinski definition) is 4. The summed E-state index contributed by atoms with van der Waals surface area (Å²) in [5, 5.41) is -2.10. The van der Waals surface area contributed by atoms with Crippen molar-refractivity contribution in [2.24, 2.45) is 0 Å². The Hall–Kier alpha value is -11.6. The molecule has 0 unspecified atom stereocenters. The van der Waals surface area contributed by atoms with Gasteiger partial charge in [0.25, 0.3) is 0 Å². The number of halogens is 1. The van der Waals surface area contributed by atoms with Gasteiger partial charge in [-0.25, -0.2) is 0 Å². The fourth-order valence-corrected chi connectivity index (χ4v) is 12.2. The maximum atomic E-state index is 9.57. The van der Waals surface area contributed by atoms with Crippen LogP contribution in [0.1, 0.15) is 68.8 Å². The standard InChI is InChI=1S/C46H33N.C34H32BNO2.C18H13I/c1-4-13-34(14-5-1)35-23-28-41(29-24-35)47(46-22-12-20-38-19-10-11-21-44(38)46)42-30-25-36(26-31-42)40-27-32-43(37-15-6-2-7-16-37)45(33-40)39-17-8-3-9-18-39;1-33(2)34(3,4)38-35(37-33)28-19-23-30(24-20-28)36(32-16-10-14-27-13-8-9-15-31(27)32)29-21-17-26(18-22-29)25-11-6-5-7-12-25;19-16-11-12-17(14-7-3-1-4-8-14)18(13-16)15-9-5-2-6-10-15/h1-33H;5-24H,1-4H3;1-13H/i10D,11D,12D,19D,20D,21D,22D,23D,24D,25D,26D,28D,29D,30D,31D;8D,9D,10D,13D,14D,15D,16D,17D,18D,19D,20D,21D,22D,23D,24D;. The van der Waals surface area contributed by atoms with Crippen molar-refractivity contribution in [3.8, 4) is 77.9 Å². The Morgan fingerprint density at radius 1 is 0.279 bits per heavy atom. The Labute approximate surface area is 668 Å². The van der Waals surface area contributed by atoms with Gasteiger partial charge >= 0.3 is 7.12 Å². The van der Waals surface area contributed by atoms with Crippen LogP contribution in [0.5, 0.6) is 0 Å². The van der Waals surface area contributed by atoms with Crippen LogP contribution in [-0.2, 0) is 9.31 Å². The molecule has 1 saturated heterocycles. The summed E-state index contributed by atoms with van der Waals surface area (Å²) in [6.07, 6.45) is 0. The lowest BCUT2D eigenvalue weighted by molar-refractivity contribution is 0.00578. The first-order chi connectivity index (χ1) is 63.5. The molecule has 16 aromatic carbocycles. The van der Waals surface area contributed by atoms with Crippen LogP contribution >= 0.6 is 22.6 Å². The molecule has 502 valence electrons. The van der Waals surface area contributed by atoms with E-state index in [-0.39, 0.29) is 22.2 Å². The maximum absolute atomic E-state index is 9.57. The highest BCUT2D eigenvalue weighted by atomic mass is 127. The van der Waals surface area contributed by atoms with Crippen LogP contribution in [0.2, 0.25) is 0 Å². The summed E-state index contributed by atoms with van der Waals surface area (Å²) in [7, 11) is -1.37. The molecule has 0 spiro atoms. The second-order valence-electron chi connectivity index (χ2n) is 24.8. The molecule has 0 saturated carbocycles. The van der Waals surface area contributed by atoms with Crippen LogP contribution in [0.3, 0.4) is 0 Å². The van der Waals surface area contributed by atoms with Crippen LogP contribution in [0.4, 0.5) is 34.1 Å². The molecule has 0 atom stereocenters. The zero-order valence-corrected chi connectivity index (χ0v) is 58.6. The van der Waals surface area contributed by atoms with Crippen molar-refractivity contribution in [1.29, 1.82) is 0 Å². The fourth-order valence-electron chi connectivity index (χ4n) is 11.7. The molecular weight excluding hydrogens is 1370 g/mol. The molecule has 16 aromatic rings. The van der Waals surface area contributed by atoms with Crippen LogP contribution in [0.25, 0.3) is 99.4 Å². The molecule has 1 aliphatic rings. The van der Waals surface area contributed by atoms with E-state index in [4.69, 9.17) is 35.4 Å². The molecule has 0 radical (unpaired) electrons. The summed E-state index contributed by atoms with van der Waals surface area (Å²) in [4.78, 5) is 1.48. The minimum atomic E-state index is -1.37. The topological polar surface area (TPSA) is 24.9 Å². The van der Waals surface area contributed by atoms with E-state index in [9.17, 15) is 15.1 Å². The Bertz CT molecular complexity index is 7310. The third kappa shape index (κ3) is 15.0. The molecule has 1 aliphatic heterocycles. The largest absolute Gasteiger partial charge is 0.494 e. The average molecular weight is 1480 g/mol. The Morgan fingerprint density at radius 3 is 0.971 bits per heavy atom. The second-order valence-corrected chi connectivity index (χ2v) is 26.0. The van der Waals surface area contributed by atoms with Crippen LogP contribution in [0.15, 0.2) is 400 Å². The van der Waals surface area contributed by atoms with Crippen molar-refractivity contribution < 1.29 is 50.4 Å². The molecule has 1 fully saturated rings. The molecule has 104 heavy (non-hydrogen) atoms. The third-order valence-corrected chi connectivity index (χ3v) is 18.3. The van der Waals surface area contributed by atoms with Crippen molar-refractivity contribution in [3.63, 3.8) is 0 Å². The molecule has 0 bridgehead atoms. The Morgan fingerprint density at radius 2 is 0.587 bits per heavy atom. The lowest BCUT2D eigenvalue weighted by Crippen LogP contribution is -2.41. The molecule has 0 N–H and O–H groups in total. The molecular formula is C98H78BIN2O2.